The highest BCUT2D eigenvalue weighted by Crippen LogP contribution is 2.44. The monoisotopic (exact) mass is 464 g/mol. The SMILES string of the molecule is Cc1ccc(/C(O)=C2\C(=O)C(=O)N(c3ccc(C(C)C)cc3)C2c2c[nH]c3ccccc23)cc1C. The Hall–Kier alpha value is -4.12. The molecule has 0 saturated carbocycles. The van der Waals surface area contributed by atoms with Crippen molar-refractivity contribution in [1.82, 2.24) is 4.98 Å². The molecule has 0 radical (unpaired) electrons. The van der Waals surface area contributed by atoms with Gasteiger partial charge in [0.25, 0.3) is 11.7 Å². The number of carbonyl (C=O) groups excluding carboxylic acids is 2. The number of amides is 1. The highest BCUT2D eigenvalue weighted by molar-refractivity contribution is 6.51. The third kappa shape index (κ3) is 3.73. The van der Waals surface area contributed by atoms with Gasteiger partial charge in [0.1, 0.15) is 5.76 Å². The molecule has 1 aliphatic rings. The number of aliphatic hydroxyl groups excluding tert-OH is 1. The molecule has 4 aromatic rings. The maximum absolute atomic E-state index is 13.5. The van der Waals surface area contributed by atoms with Crippen molar-refractivity contribution in [2.45, 2.75) is 39.7 Å². The number of ketones is 1. The normalized spacial score (nSPS) is 17.6. The number of Topliss-reactive ketones (excluding diaryl/α,β-unsaturated/α-hetero) is 1. The van der Waals surface area contributed by atoms with Crippen LogP contribution in [0, 0.1) is 13.8 Å². The van der Waals surface area contributed by atoms with Crippen LogP contribution in [0.5, 0.6) is 0 Å². The quantitative estimate of drug-likeness (QED) is 0.205. The number of nitrogens with zero attached hydrogens (tertiary/aromatic N) is 1. The highest BCUT2D eigenvalue weighted by atomic mass is 16.3. The summed E-state index contributed by atoms with van der Waals surface area (Å²) in [4.78, 5) is 31.7. The molecule has 1 amide bonds. The molecular weight excluding hydrogens is 436 g/mol. The number of nitrogens with one attached hydrogen (secondary N) is 1. The molecule has 1 aliphatic heterocycles. The number of fused-ring (bicyclic) bond motifs is 1. The molecule has 176 valence electrons. The van der Waals surface area contributed by atoms with Crippen LogP contribution in [0.3, 0.4) is 0 Å². The lowest BCUT2D eigenvalue weighted by atomic mass is 9.93. The van der Waals surface area contributed by atoms with E-state index in [4.69, 9.17) is 0 Å². The smallest absolute Gasteiger partial charge is 0.300 e. The second-order valence-corrected chi connectivity index (χ2v) is 9.50. The van der Waals surface area contributed by atoms with Gasteiger partial charge < -0.3 is 10.1 Å². The van der Waals surface area contributed by atoms with Crippen molar-refractivity contribution in [3.8, 4) is 0 Å². The summed E-state index contributed by atoms with van der Waals surface area (Å²) in [6.07, 6.45) is 1.82. The minimum atomic E-state index is -0.766. The summed E-state index contributed by atoms with van der Waals surface area (Å²) in [7, 11) is 0. The number of anilines is 1. The molecule has 2 heterocycles. The molecule has 1 fully saturated rings. The molecule has 3 aromatic carbocycles. The van der Waals surface area contributed by atoms with E-state index in [9.17, 15) is 14.7 Å². The average Bonchev–Trinajstić information content (AvgIpc) is 3.39. The Balaban J connectivity index is 1.75. The van der Waals surface area contributed by atoms with E-state index >= 15 is 0 Å². The van der Waals surface area contributed by atoms with Crippen LogP contribution in [0.4, 0.5) is 5.69 Å². The standard InChI is InChI=1S/C30H28N2O3/c1-17(2)20-11-13-22(14-12-20)32-27(24-16-31-25-8-6-5-7-23(24)25)26(29(34)30(32)35)28(33)21-10-9-18(3)19(4)15-21/h5-17,27,31,33H,1-4H3/b28-26+. The largest absolute Gasteiger partial charge is 0.507 e. The van der Waals surface area contributed by atoms with E-state index in [1.165, 1.54) is 4.90 Å². The lowest BCUT2D eigenvalue weighted by Crippen LogP contribution is -2.29. The Morgan fingerprint density at radius 1 is 0.943 bits per heavy atom. The minimum Gasteiger partial charge on any atom is -0.507 e. The fourth-order valence-electron chi connectivity index (χ4n) is 4.78. The van der Waals surface area contributed by atoms with Crippen molar-refractivity contribution in [2.75, 3.05) is 4.90 Å². The molecule has 5 heteroatoms. The number of aromatic nitrogens is 1. The van der Waals surface area contributed by atoms with Crippen LogP contribution in [0.2, 0.25) is 0 Å². The number of rotatable bonds is 4. The first kappa shape index (κ1) is 22.7. The van der Waals surface area contributed by atoms with Crippen molar-refractivity contribution in [3.63, 3.8) is 0 Å². The highest BCUT2D eigenvalue weighted by Gasteiger charge is 2.47. The van der Waals surface area contributed by atoms with Gasteiger partial charge in [-0.1, -0.05) is 56.3 Å². The van der Waals surface area contributed by atoms with Gasteiger partial charge >= 0.3 is 0 Å². The first-order valence-electron chi connectivity index (χ1n) is 11.8. The minimum absolute atomic E-state index is 0.0935. The van der Waals surface area contributed by atoms with E-state index < -0.39 is 17.7 Å². The zero-order chi connectivity index (χ0) is 24.9. The van der Waals surface area contributed by atoms with Gasteiger partial charge in [0.2, 0.25) is 0 Å². The van der Waals surface area contributed by atoms with Crippen molar-refractivity contribution in [1.29, 1.82) is 0 Å². The Kier molecular flexibility index (Phi) is 5.56. The maximum Gasteiger partial charge on any atom is 0.300 e. The number of benzene rings is 3. The molecule has 1 atom stereocenters. The van der Waals surface area contributed by atoms with Crippen LogP contribution in [-0.4, -0.2) is 21.8 Å². The molecular formula is C30H28N2O3. The molecule has 1 saturated heterocycles. The summed E-state index contributed by atoms with van der Waals surface area (Å²) in [5, 5.41) is 12.3. The van der Waals surface area contributed by atoms with Gasteiger partial charge in [-0.3, -0.25) is 14.5 Å². The number of hydrogen-bond donors (Lipinski definition) is 2. The van der Waals surface area contributed by atoms with Crippen molar-refractivity contribution in [3.05, 3.63) is 106 Å². The van der Waals surface area contributed by atoms with E-state index in [0.29, 0.717) is 17.2 Å². The number of H-pyrrole nitrogens is 1. The molecule has 35 heavy (non-hydrogen) atoms. The second-order valence-electron chi connectivity index (χ2n) is 9.50. The summed E-state index contributed by atoms with van der Waals surface area (Å²) in [5.74, 6) is -1.16. The maximum atomic E-state index is 13.5. The summed E-state index contributed by atoms with van der Waals surface area (Å²) in [6.45, 7) is 8.16. The van der Waals surface area contributed by atoms with Crippen LogP contribution < -0.4 is 4.90 Å². The number of aliphatic hydroxyl groups is 1. The number of hydrogen-bond acceptors (Lipinski definition) is 3. The van der Waals surface area contributed by atoms with Crippen LogP contribution in [0.1, 0.15) is 53.6 Å². The van der Waals surface area contributed by atoms with Crippen LogP contribution in [0.25, 0.3) is 16.7 Å². The number of carbonyl (C=O) groups is 2. The molecule has 5 rings (SSSR count). The van der Waals surface area contributed by atoms with Gasteiger partial charge in [-0.15, -0.1) is 0 Å². The van der Waals surface area contributed by atoms with Crippen LogP contribution in [0.15, 0.2) is 78.5 Å². The Morgan fingerprint density at radius 2 is 1.66 bits per heavy atom. The number of aryl methyl sites for hydroxylation is 2. The fraction of sp³-hybridized carbons (Fsp3) is 0.200. The van der Waals surface area contributed by atoms with Crippen molar-refractivity contribution in [2.24, 2.45) is 0 Å². The van der Waals surface area contributed by atoms with E-state index in [0.717, 1.165) is 33.2 Å². The Morgan fingerprint density at radius 3 is 2.34 bits per heavy atom. The number of aromatic amines is 1. The van der Waals surface area contributed by atoms with E-state index in [2.05, 4.69) is 18.8 Å². The third-order valence-electron chi connectivity index (χ3n) is 6.98. The van der Waals surface area contributed by atoms with Gasteiger partial charge in [0.15, 0.2) is 0 Å². The molecule has 1 unspecified atom stereocenters. The predicted octanol–water partition coefficient (Wildman–Crippen LogP) is 6.53. The fourth-order valence-corrected chi connectivity index (χ4v) is 4.78. The second kappa shape index (κ2) is 8.58. The molecule has 5 nitrogen and oxygen atoms in total. The summed E-state index contributed by atoms with van der Waals surface area (Å²) < 4.78 is 0. The Bertz CT molecular complexity index is 1490. The van der Waals surface area contributed by atoms with Crippen LogP contribution in [-0.2, 0) is 9.59 Å². The van der Waals surface area contributed by atoms with Gasteiger partial charge in [0, 0.05) is 33.9 Å². The first-order valence-corrected chi connectivity index (χ1v) is 11.8. The third-order valence-corrected chi connectivity index (χ3v) is 6.98. The van der Waals surface area contributed by atoms with Gasteiger partial charge in [-0.2, -0.15) is 0 Å². The first-order chi connectivity index (χ1) is 16.8. The zero-order valence-corrected chi connectivity index (χ0v) is 20.3. The van der Waals surface area contributed by atoms with Gasteiger partial charge in [0.05, 0.1) is 11.6 Å². The van der Waals surface area contributed by atoms with E-state index in [1.807, 2.05) is 80.7 Å². The molecule has 1 aromatic heterocycles. The summed E-state index contributed by atoms with van der Waals surface area (Å²) >= 11 is 0. The van der Waals surface area contributed by atoms with Crippen molar-refractivity contribution < 1.29 is 14.7 Å². The molecule has 0 spiro atoms. The Labute approximate surface area is 204 Å². The van der Waals surface area contributed by atoms with Crippen molar-refractivity contribution >= 4 is 34.0 Å². The lowest BCUT2D eigenvalue weighted by molar-refractivity contribution is -0.132. The molecule has 0 aliphatic carbocycles. The number of para-hydroxylation sites is 1. The molecule has 2 N–H and O–H groups in total. The topological polar surface area (TPSA) is 73.4 Å². The van der Waals surface area contributed by atoms with E-state index in [1.54, 1.807) is 6.07 Å². The lowest BCUT2D eigenvalue weighted by Gasteiger charge is -2.25. The zero-order valence-electron chi connectivity index (χ0n) is 20.3. The van der Waals surface area contributed by atoms with Gasteiger partial charge in [-0.25, -0.2) is 0 Å². The van der Waals surface area contributed by atoms with Crippen LogP contribution >= 0.6 is 0 Å². The summed E-state index contributed by atoms with van der Waals surface area (Å²) in [5.41, 5.74) is 6.11. The van der Waals surface area contributed by atoms with Gasteiger partial charge in [-0.05, 0) is 60.7 Å². The molecule has 0 bridgehead atoms. The van der Waals surface area contributed by atoms with E-state index in [-0.39, 0.29) is 11.3 Å². The average molecular weight is 465 g/mol. The summed E-state index contributed by atoms with van der Waals surface area (Å²) in [6, 6.07) is 20.2. The predicted molar refractivity (Wildman–Crippen MR) is 140 cm³/mol.